The smallest absolute Gasteiger partial charge is 0.410 e. The van der Waals surface area contributed by atoms with Crippen molar-refractivity contribution in [1.82, 2.24) is 24.3 Å². The molecule has 0 unspecified atom stereocenters. The molecule has 2 aromatic rings. The van der Waals surface area contributed by atoms with Crippen LogP contribution in [0.4, 0.5) is 4.79 Å². The van der Waals surface area contributed by atoms with E-state index in [1.165, 1.54) is 5.57 Å². The first-order valence-corrected chi connectivity index (χ1v) is 10.7. The lowest BCUT2D eigenvalue weighted by atomic mass is 10.0. The first-order chi connectivity index (χ1) is 14.2. The summed E-state index contributed by atoms with van der Waals surface area (Å²) in [6, 6.07) is 2.12. The predicted molar refractivity (Wildman–Crippen MR) is 117 cm³/mol. The quantitative estimate of drug-likeness (QED) is 0.818. The minimum absolute atomic E-state index is 0.0356. The van der Waals surface area contributed by atoms with Crippen LogP contribution in [0.15, 0.2) is 23.1 Å². The van der Waals surface area contributed by atoms with Crippen LogP contribution in [-0.4, -0.2) is 69.3 Å². The van der Waals surface area contributed by atoms with Gasteiger partial charge in [0.2, 0.25) is 0 Å². The van der Waals surface area contributed by atoms with Crippen LogP contribution in [0.5, 0.6) is 0 Å². The summed E-state index contributed by atoms with van der Waals surface area (Å²) in [5, 5.41) is 0. The number of piperidine rings is 1. The summed E-state index contributed by atoms with van der Waals surface area (Å²) in [5.41, 5.74) is 3.17. The number of H-pyrrole nitrogens is 1. The SMILES string of the molecule is CN1CC=C(c2cnc3[nH]c(=O)n(C4CCN(C(=O)OC(C)(C)C)CC4)c3c2)CC1. The second-order valence-electron chi connectivity index (χ2n) is 9.33. The molecule has 30 heavy (non-hydrogen) atoms. The summed E-state index contributed by atoms with van der Waals surface area (Å²) < 4.78 is 7.31. The van der Waals surface area contributed by atoms with Gasteiger partial charge in [-0.1, -0.05) is 6.08 Å². The van der Waals surface area contributed by atoms with Crippen LogP contribution in [0.25, 0.3) is 16.7 Å². The lowest BCUT2D eigenvalue weighted by Gasteiger charge is -2.33. The molecule has 8 heteroatoms. The average molecular weight is 414 g/mol. The van der Waals surface area contributed by atoms with E-state index in [0.29, 0.717) is 31.6 Å². The van der Waals surface area contributed by atoms with Crippen LogP contribution in [0.1, 0.15) is 51.6 Å². The minimum atomic E-state index is -0.508. The van der Waals surface area contributed by atoms with E-state index in [9.17, 15) is 9.59 Å². The molecule has 0 spiro atoms. The van der Waals surface area contributed by atoms with Crippen molar-refractivity contribution >= 4 is 22.8 Å². The number of aromatic nitrogens is 3. The lowest BCUT2D eigenvalue weighted by molar-refractivity contribution is 0.0189. The van der Waals surface area contributed by atoms with Gasteiger partial charge in [-0.15, -0.1) is 0 Å². The number of nitrogens with zero attached hydrogens (tertiary/aromatic N) is 4. The van der Waals surface area contributed by atoms with E-state index < -0.39 is 5.60 Å². The third kappa shape index (κ3) is 4.28. The van der Waals surface area contributed by atoms with E-state index >= 15 is 0 Å². The molecular formula is C22H31N5O3. The molecule has 4 heterocycles. The van der Waals surface area contributed by atoms with Crippen molar-refractivity contribution in [3.63, 3.8) is 0 Å². The molecule has 2 aliphatic rings. The number of carbonyl (C=O) groups excluding carboxylic acids is 1. The van der Waals surface area contributed by atoms with Crippen LogP contribution < -0.4 is 5.69 Å². The van der Waals surface area contributed by atoms with Crippen molar-refractivity contribution in [2.75, 3.05) is 33.2 Å². The molecule has 0 aromatic carbocycles. The van der Waals surface area contributed by atoms with Gasteiger partial charge in [-0.25, -0.2) is 14.6 Å². The second kappa shape index (κ2) is 7.91. The van der Waals surface area contributed by atoms with Crippen molar-refractivity contribution in [3.05, 3.63) is 34.4 Å². The number of amides is 1. The Labute approximate surface area is 176 Å². The van der Waals surface area contributed by atoms with Gasteiger partial charge in [0.15, 0.2) is 5.65 Å². The monoisotopic (exact) mass is 413 g/mol. The van der Waals surface area contributed by atoms with E-state index in [0.717, 1.165) is 30.6 Å². The summed E-state index contributed by atoms with van der Waals surface area (Å²) >= 11 is 0. The van der Waals surface area contributed by atoms with Gasteiger partial charge in [0.1, 0.15) is 5.60 Å². The van der Waals surface area contributed by atoms with E-state index in [4.69, 9.17) is 4.74 Å². The lowest BCUT2D eigenvalue weighted by Crippen LogP contribution is -2.43. The van der Waals surface area contributed by atoms with E-state index in [1.807, 2.05) is 31.5 Å². The van der Waals surface area contributed by atoms with Gasteiger partial charge in [-0.05, 0) is 64.3 Å². The molecule has 2 aromatic heterocycles. The van der Waals surface area contributed by atoms with Crippen LogP contribution in [0.3, 0.4) is 0 Å². The van der Waals surface area contributed by atoms with E-state index in [-0.39, 0.29) is 17.8 Å². The van der Waals surface area contributed by atoms with Crippen LogP contribution >= 0.6 is 0 Å². The fraction of sp³-hybridized carbons (Fsp3) is 0.591. The molecule has 1 N–H and O–H groups in total. The second-order valence-corrected chi connectivity index (χ2v) is 9.33. The Morgan fingerprint density at radius 2 is 1.97 bits per heavy atom. The molecule has 162 valence electrons. The number of carbonyl (C=O) groups is 1. The van der Waals surface area contributed by atoms with E-state index in [2.05, 4.69) is 34.1 Å². The Bertz CT molecular complexity index is 1020. The van der Waals surface area contributed by atoms with Crippen molar-refractivity contribution in [2.45, 2.75) is 51.7 Å². The maximum atomic E-state index is 12.7. The van der Waals surface area contributed by atoms with Crippen molar-refractivity contribution in [1.29, 1.82) is 0 Å². The molecule has 0 saturated carbocycles. The number of fused-ring (bicyclic) bond motifs is 1. The first-order valence-electron chi connectivity index (χ1n) is 10.7. The van der Waals surface area contributed by atoms with Gasteiger partial charge < -0.3 is 14.5 Å². The molecule has 1 amide bonds. The number of likely N-dealkylation sites (tertiary alicyclic amines) is 1. The zero-order chi connectivity index (χ0) is 21.5. The number of rotatable bonds is 2. The molecular weight excluding hydrogens is 382 g/mol. The molecule has 2 aliphatic heterocycles. The van der Waals surface area contributed by atoms with Crippen molar-refractivity contribution in [3.8, 4) is 0 Å². The fourth-order valence-corrected chi connectivity index (χ4v) is 4.21. The molecule has 8 nitrogen and oxygen atoms in total. The standard InChI is InChI=1S/C22H31N5O3/c1-22(2,3)30-21(29)26-11-7-17(8-12-26)27-18-13-16(14-23-19(18)24-20(27)28)15-5-9-25(4)10-6-15/h5,13-14,17H,6-12H2,1-4H3,(H,23,24,28). The highest BCUT2D eigenvalue weighted by Crippen LogP contribution is 2.28. The van der Waals surface area contributed by atoms with Gasteiger partial charge in [0.05, 0.1) is 5.52 Å². The molecule has 0 radical (unpaired) electrons. The summed E-state index contributed by atoms with van der Waals surface area (Å²) in [5.74, 6) is 0. The van der Waals surface area contributed by atoms with Crippen LogP contribution in [0, 0.1) is 0 Å². The molecule has 0 bridgehead atoms. The number of nitrogens with one attached hydrogen (secondary N) is 1. The molecule has 0 aliphatic carbocycles. The predicted octanol–water partition coefficient (Wildman–Crippen LogP) is 3.02. The number of imidazole rings is 1. The Balaban J connectivity index is 1.55. The largest absolute Gasteiger partial charge is 0.444 e. The summed E-state index contributed by atoms with van der Waals surface area (Å²) in [7, 11) is 2.11. The molecule has 4 rings (SSSR count). The minimum Gasteiger partial charge on any atom is -0.444 e. The highest BCUT2D eigenvalue weighted by Gasteiger charge is 2.29. The maximum Gasteiger partial charge on any atom is 0.410 e. The third-order valence-corrected chi connectivity index (χ3v) is 5.84. The van der Waals surface area contributed by atoms with Gasteiger partial charge in [-0.2, -0.15) is 0 Å². The van der Waals surface area contributed by atoms with Crippen molar-refractivity contribution < 1.29 is 9.53 Å². The maximum absolute atomic E-state index is 12.7. The summed E-state index contributed by atoms with van der Waals surface area (Å²) in [4.78, 5) is 36.5. The van der Waals surface area contributed by atoms with Gasteiger partial charge >= 0.3 is 11.8 Å². The van der Waals surface area contributed by atoms with Crippen molar-refractivity contribution in [2.24, 2.45) is 0 Å². The number of ether oxygens (including phenoxy) is 1. The summed E-state index contributed by atoms with van der Waals surface area (Å²) in [6.07, 6.45) is 6.21. The Kier molecular flexibility index (Phi) is 5.44. The topological polar surface area (TPSA) is 83.5 Å². The number of hydrogen-bond donors (Lipinski definition) is 1. The zero-order valence-electron chi connectivity index (χ0n) is 18.3. The fourth-order valence-electron chi connectivity index (χ4n) is 4.21. The first kappa shape index (κ1) is 20.7. The van der Waals surface area contributed by atoms with Gasteiger partial charge in [-0.3, -0.25) is 9.55 Å². The van der Waals surface area contributed by atoms with E-state index in [1.54, 1.807) is 4.90 Å². The highest BCUT2D eigenvalue weighted by atomic mass is 16.6. The molecule has 1 fully saturated rings. The van der Waals surface area contributed by atoms with Crippen LogP contribution in [0.2, 0.25) is 0 Å². The highest BCUT2D eigenvalue weighted by molar-refractivity contribution is 5.78. The summed E-state index contributed by atoms with van der Waals surface area (Å²) in [6.45, 7) is 8.70. The average Bonchev–Trinajstić information content (AvgIpc) is 3.02. The van der Waals surface area contributed by atoms with Gasteiger partial charge in [0, 0.05) is 38.4 Å². The number of aromatic amines is 1. The normalized spacial score (nSPS) is 19.2. The molecule has 0 atom stereocenters. The Morgan fingerprint density at radius 1 is 1.23 bits per heavy atom. The number of likely N-dealkylation sites (N-methyl/N-ethyl adjacent to an activating group) is 1. The Hall–Kier alpha value is -2.61. The number of hydrogen-bond acceptors (Lipinski definition) is 5. The van der Waals surface area contributed by atoms with Gasteiger partial charge in [0.25, 0.3) is 0 Å². The zero-order valence-corrected chi connectivity index (χ0v) is 18.3. The van der Waals surface area contributed by atoms with Crippen LogP contribution in [-0.2, 0) is 4.74 Å². The third-order valence-electron chi connectivity index (χ3n) is 5.84. The number of pyridine rings is 1. The molecule has 1 saturated heterocycles. The Morgan fingerprint density at radius 3 is 2.60 bits per heavy atom.